The Balaban J connectivity index is 1.39. The maximum absolute atomic E-state index is 13.5. The molecule has 5 aromatic rings. The van der Waals surface area contributed by atoms with Crippen molar-refractivity contribution in [2.75, 3.05) is 16.7 Å². The number of carbonyl (C=O) groups is 1. The number of rotatable bonds is 9. The zero-order valence-electron chi connectivity index (χ0n) is 24.3. The molecular formula is C33H34N4O4S. The Kier molecular flexibility index (Phi) is 7.79. The van der Waals surface area contributed by atoms with Crippen molar-refractivity contribution in [1.29, 1.82) is 0 Å². The number of imidazole rings is 1. The van der Waals surface area contributed by atoms with E-state index in [2.05, 4.69) is 36.3 Å². The average Bonchev–Trinajstić information content (AvgIpc) is 3.27. The lowest BCUT2D eigenvalue weighted by atomic mass is 9.95. The Labute approximate surface area is 246 Å². The largest absolute Gasteiger partial charge is 0.478 e. The molecule has 9 heteroatoms. The molecule has 4 aromatic carbocycles. The van der Waals surface area contributed by atoms with E-state index in [4.69, 9.17) is 0 Å². The van der Waals surface area contributed by atoms with Crippen LogP contribution in [-0.4, -0.2) is 36.1 Å². The zero-order chi connectivity index (χ0) is 30.2. The van der Waals surface area contributed by atoms with Crippen LogP contribution in [0.25, 0.3) is 22.2 Å². The molecule has 5 rings (SSSR count). The third-order valence-electron chi connectivity index (χ3n) is 7.70. The molecule has 0 unspecified atom stereocenters. The molecule has 216 valence electrons. The van der Waals surface area contributed by atoms with Gasteiger partial charge in [0.1, 0.15) is 5.82 Å². The maximum atomic E-state index is 13.5. The fourth-order valence-electron chi connectivity index (χ4n) is 5.03. The number of hydrogen-bond donors (Lipinski definition) is 2. The van der Waals surface area contributed by atoms with Gasteiger partial charge in [0.15, 0.2) is 0 Å². The van der Waals surface area contributed by atoms with E-state index < -0.39 is 16.0 Å². The molecule has 0 aliphatic carbocycles. The predicted octanol–water partition coefficient (Wildman–Crippen LogP) is 6.81. The Morgan fingerprint density at radius 2 is 1.69 bits per heavy atom. The third kappa shape index (κ3) is 5.47. The molecule has 0 saturated heterocycles. The van der Waals surface area contributed by atoms with Crippen molar-refractivity contribution in [3.05, 3.63) is 107 Å². The minimum atomic E-state index is -3.85. The number of carboxylic acid groups (broad SMARTS) is 1. The van der Waals surface area contributed by atoms with Crippen LogP contribution in [0.5, 0.6) is 0 Å². The highest BCUT2D eigenvalue weighted by Crippen LogP contribution is 2.31. The molecule has 2 N–H and O–H groups in total. The monoisotopic (exact) mass is 582 g/mol. The first-order valence-electron chi connectivity index (χ1n) is 13.7. The second-order valence-electron chi connectivity index (χ2n) is 10.7. The summed E-state index contributed by atoms with van der Waals surface area (Å²) in [7, 11) is -0.463. The van der Waals surface area contributed by atoms with Crippen LogP contribution >= 0.6 is 0 Å². The van der Waals surface area contributed by atoms with Gasteiger partial charge in [0.05, 0.1) is 27.2 Å². The van der Waals surface area contributed by atoms with Gasteiger partial charge in [0.25, 0.3) is 10.0 Å². The fraction of sp³-hybridized carbons (Fsp3) is 0.212. The second kappa shape index (κ2) is 11.3. The van der Waals surface area contributed by atoms with Crippen molar-refractivity contribution in [1.82, 2.24) is 9.55 Å². The predicted molar refractivity (Wildman–Crippen MR) is 168 cm³/mol. The molecule has 0 atom stereocenters. The smallest absolute Gasteiger partial charge is 0.336 e. The number of hydrogen-bond acceptors (Lipinski definition) is 5. The van der Waals surface area contributed by atoms with Gasteiger partial charge in [-0.15, -0.1) is 0 Å². The quantitative estimate of drug-likeness (QED) is 0.198. The number of nitrogens with zero attached hydrogens (tertiary/aromatic N) is 3. The summed E-state index contributed by atoms with van der Waals surface area (Å²) >= 11 is 0. The van der Waals surface area contributed by atoms with Crippen LogP contribution in [0.3, 0.4) is 0 Å². The lowest BCUT2D eigenvalue weighted by Crippen LogP contribution is -2.26. The lowest BCUT2D eigenvalue weighted by Gasteiger charge is -2.20. The number of fused-ring (bicyclic) bond motifs is 1. The molecule has 0 radical (unpaired) electrons. The van der Waals surface area contributed by atoms with Gasteiger partial charge in [0.2, 0.25) is 0 Å². The van der Waals surface area contributed by atoms with Crippen LogP contribution in [-0.2, 0) is 23.6 Å². The molecule has 0 saturated carbocycles. The molecule has 1 heterocycles. The summed E-state index contributed by atoms with van der Waals surface area (Å²) in [5, 5.41) is 13.5. The van der Waals surface area contributed by atoms with E-state index in [9.17, 15) is 18.3 Å². The summed E-state index contributed by atoms with van der Waals surface area (Å²) in [6.07, 6.45) is 0. The molecule has 0 aliphatic heterocycles. The van der Waals surface area contributed by atoms with E-state index in [0.29, 0.717) is 40.4 Å². The van der Waals surface area contributed by atoms with Gasteiger partial charge in [-0.25, -0.2) is 18.2 Å². The number of carboxylic acids is 1. The fourth-order valence-corrected chi connectivity index (χ4v) is 6.25. The SMILES string of the molecule is Cc1nc2cc(S(=O)(=O)N(C)c3ccc(-c4cccc(CNc5ccc(C(C)C)cc5)c4C(=O)O)cc3)ccc2n1C. The minimum absolute atomic E-state index is 0.145. The van der Waals surface area contributed by atoms with E-state index >= 15 is 0 Å². The van der Waals surface area contributed by atoms with Gasteiger partial charge >= 0.3 is 5.97 Å². The molecule has 0 amide bonds. The van der Waals surface area contributed by atoms with E-state index in [-0.39, 0.29) is 10.5 Å². The van der Waals surface area contributed by atoms with E-state index in [1.807, 2.05) is 36.7 Å². The van der Waals surface area contributed by atoms with Crippen molar-refractivity contribution >= 4 is 38.4 Å². The van der Waals surface area contributed by atoms with Crippen LogP contribution in [0.1, 0.15) is 47.1 Å². The van der Waals surface area contributed by atoms with Crippen molar-refractivity contribution in [2.45, 2.75) is 38.1 Å². The Hall–Kier alpha value is -4.63. The minimum Gasteiger partial charge on any atom is -0.478 e. The van der Waals surface area contributed by atoms with Crippen molar-refractivity contribution in [3.63, 3.8) is 0 Å². The van der Waals surface area contributed by atoms with Gasteiger partial charge in [0, 0.05) is 26.3 Å². The molecule has 0 spiro atoms. The molecule has 42 heavy (non-hydrogen) atoms. The highest BCUT2D eigenvalue weighted by atomic mass is 32.2. The molecule has 1 aromatic heterocycles. The van der Waals surface area contributed by atoms with E-state index in [1.54, 1.807) is 54.6 Å². The van der Waals surface area contributed by atoms with Crippen LogP contribution in [0.4, 0.5) is 11.4 Å². The highest BCUT2D eigenvalue weighted by Gasteiger charge is 2.23. The summed E-state index contributed by atoms with van der Waals surface area (Å²) in [4.78, 5) is 17.0. The first-order chi connectivity index (χ1) is 20.0. The summed E-state index contributed by atoms with van der Waals surface area (Å²) < 4.78 is 30.0. The van der Waals surface area contributed by atoms with E-state index in [0.717, 1.165) is 17.0 Å². The molecule has 0 aliphatic rings. The number of aromatic carboxylic acids is 1. The van der Waals surface area contributed by atoms with Gasteiger partial charge in [-0.3, -0.25) is 4.31 Å². The normalized spacial score (nSPS) is 11.7. The van der Waals surface area contributed by atoms with Gasteiger partial charge in [-0.1, -0.05) is 56.3 Å². The van der Waals surface area contributed by atoms with Crippen molar-refractivity contribution in [2.24, 2.45) is 7.05 Å². The first-order valence-corrected chi connectivity index (χ1v) is 15.1. The molecule has 0 bridgehead atoms. The molecular weight excluding hydrogens is 548 g/mol. The van der Waals surface area contributed by atoms with Crippen LogP contribution in [0, 0.1) is 6.92 Å². The Morgan fingerprint density at radius 3 is 2.33 bits per heavy atom. The lowest BCUT2D eigenvalue weighted by molar-refractivity contribution is 0.0696. The maximum Gasteiger partial charge on any atom is 0.336 e. The average molecular weight is 583 g/mol. The van der Waals surface area contributed by atoms with Crippen LogP contribution in [0.15, 0.2) is 89.8 Å². The zero-order valence-corrected chi connectivity index (χ0v) is 25.1. The Morgan fingerprint density at radius 1 is 1.00 bits per heavy atom. The molecule has 0 fully saturated rings. The highest BCUT2D eigenvalue weighted by molar-refractivity contribution is 7.92. The number of benzene rings is 4. The second-order valence-corrected chi connectivity index (χ2v) is 12.6. The standard InChI is InChI=1S/C33H34N4O4S/c1-21(2)23-9-13-26(14-10-23)34-20-25-7-6-8-29(32(25)33(38)39)24-11-15-27(16-12-24)37(5)42(40,41)28-17-18-31-30(19-28)35-22(3)36(31)4/h6-19,21,34H,20H2,1-5H3,(H,38,39). The van der Waals surface area contributed by atoms with Crippen molar-refractivity contribution in [3.8, 4) is 11.1 Å². The van der Waals surface area contributed by atoms with Gasteiger partial charge < -0.3 is 15.0 Å². The van der Waals surface area contributed by atoms with Crippen LogP contribution in [0.2, 0.25) is 0 Å². The number of anilines is 2. The summed E-state index contributed by atoms with van der Waals surface area (Å²) in [6, 6.07) is 25.3. The third-order valence-corrected chi connectivity index (χ3v) is 9.48. The molecule has 8 nitrogen and oxygen atoms in total. The summed E-state index contributed by atoms with van der Waals surface area (Å²) in [5.74, 6) is 0.201. The number of nitrogens with one attached hydrogen (secondary N) is 1. The van der Waals surface area contributed by atoms with Gasteiger partial charge in [-0.2, -0.15) is 0 Å². The van der Waals surface area contributed by atoms with Crippen molar-refractivity contribution < 1.29 is 18.3 Å². The van der Waals surface area contributed by atoms with Crippen LogP contribution < -0.4 is 9.62 Å². The number of aryl methyl sites for hydroxylation is 2. The Bertz CT molecular complexity index is 1880. The van der Waals surface area contributed by atoms with Gasteiger partial charge in [-0.05, 0) is 77.6 Å². The van der Waals surface area contributed by atoms with E-state index in [1.165, 1.54) is 16.9 Å². The number of sulfonamides is 1. The summed E-state index contributed by atoms with van der Waals surface area (Å²) in [6.45, 7) is 6.49. The summed E-state index contributed by atoms with van der Waals surface area (Å²) in [5.41, 5.74) is 6.16. The topological polar surface area (TPSA) is 105 Å². The first kappa shape index (κ1) is 28.9. The number of aromatic nitrogens is 2.